The van der Waals surface area contributed by atoms with E-state index in [0.29, 0.717) is 16.3 Å². The Morgan fingerprint density at radius 3 is 2.19 bits per heavy atom. The summed E-state index contributed by atoms with van der Waals surface area (Å²) < 4.78 is 28.2. The molecule has 1 aliphatic heterocycles. The molecule has 2 heterocycles. The second kappa shape index (κ2) is 7.99. The van der Waals surface area contributed by atoms with Crippen molar-refractivity contribution in [3.8, 4) is 5.75 Å². The van der Waals surface area contributed by atoms with Gasteiger partial charge in [-0.05, 0) is 60.0 Å². The summed E-state index contributed by atoms with van der Waals surface area (Å²) in [6, 6.07) is 15.7. The van der Waals surface area contributed by atoms with Crippen LogP contribution in [-0.2, 0) is 19.6 Å². The number of imide groups is 1. The Balaban J connectivity index is 1.73. The Morgan fingerprint density at radius 1 is 0.968 bits per heavy atom. The van der Waals surface area contributed by atoms with Crippen molar-refractivity contribution >= 4 is 50.1 Å². The molecule has 0 aliphatic carbocycles. The van der Waals surface area contributed by atoms with Gasteiger partial charge in [-0.2, -0.15) is 0 Å². The summed E-state index contributed by atoms with van der Waals surface area (Å²) in [5.74, 6) is -0.400. The summed E-state index contributed by atoms with van der Waals surface area (Å²) in [5.41, 5.74) is 1.22. The normalized spacial score (nSPS) is 14.3. The summed E-state index contributed by atoms with van der Waals surface area (Å²) in [7, 11) is -2.34. The molecule has 0 radical (unpaired) electrons. The quantitative estimate of drug-likeness (QED) is 0.552. The van der Waals surface area contributed by atoms with Crippen molar-refractivity contribution in [3.05, 3.63) is 76.6 Å². The number of carbonyl (C=O) groups excluding carboxylic acids is 2. The second-order valence-corrected chi connectivity index (χ2v) is 9.07. The molecular weight excluding hydrogens is 438 g/mol. The van der Waals surface area contributed by atoms with Gasteiger partial charge in [0.25, 0.3) is 11.8 Å². The van der Waals surface area contributed by atoms with Crippen LogP contribution in [0.2, 0.25) is 0 Å². The number of methoxy groups -OCH3 is 1. The number of benzene rings is 2. The minimum atomic E-state index is -3.89. The molecule has 1 aliphatic rings. The van der Waals surface area contributed by atoms with E-state index in [1.807, 2.05) is 5.38 Å². The van der Waals surface area contributed by atoms with E-state index in [0.717, 1.165) is 4.90 Å². The van der Waals surface area contributed by atoms with E-state index in [1.54, 1.807) is 43.5 Å². The molecule has 0 spiro atoms. The first-order valence-electron chi connectivity index (χ1n) is 9.00. The van der Waals surface area contributed by atoms with Crippen LogP contribution in [0.25, 0.3) is 5.57 Å². The van der Waals surface area contributed by atoms with Gasteiger partial charge < -0.3 is 10.1 Å². The molecule has 3 N–H and O–H groups in total. The predicted molar refractivity (Wildman–Crippen MR) is 118 cm³/mol. The molecule has 31 heavy (non-hydrogen) atoms. The molecule has 10 heteroatoms. The first-order valence-corrected chi connectivity index (χ1v) is 11.4. The maximum Gasteiger partial charge on any atom is 0.282 e. The lowest BCUT2D eigenvalue weighted by molar-refractivity contribution is -0.120. The van der Waals surface area contributed by atoms with Crippen molar-refractivity contribution < 1.29 is 22.7 Å². The van der Waals surface area contributed by atoms with Crippen LogP contribution in [0.15, 0.2) is 76.6 Å². The standard InChI is InChI=1S/C21H17N3O5S2/c1-29-15-8-4-13(5-9-15)23-19-18(17-3-2-12-30-17)20(25)24(21(19)26)14-6-10-16(11-7-14)31(22,27)28/h2-12,23H,1H3,(H2,22,27,28). The molecular formula is C21H17N3O5S2. The average molecular weight is 456 g/mol. The third-order valence-electron chi connectivity index (χ3n) is 4.63. The van der Waals surface area contributed by atoms with Crippen LogP contribution in [0, 0.1) is 0 Å². The van der Waals surface area contributed by atoms with E-state index in [2.05, 4.69) is 5.32 Å². The zero-order valence-electron chi connectivity index (χ0n) is 16.2. The molecule has 3 aromatic rings. The number of anilines is 2. The predicted octanol–water partition coefficient (Wildman–Crippen LogP) is 2.80. The van der Waals surface area contributed by atoms with Gasteiger partial charge in [0.2, 0.25) is 10.0 Å². The van der Waals surface area contributed by atoms with E-state index in [9.17, 15) is 18.0 Å². The zero-order valence-corrected chi connectivity index (χ0v) is 17.9. The summed E-state index contributed by atoms with van der Waals surface area (Å²) >= 11 is 1.34. The highest BCUT2D eigenvalue weighted by atomic mass is 32.2. The second-order valence-electron chi connectivity index (χ2n) is 6.57. The van der Waals surface area contributed by atoms with Crippen molar-refractivity contribution in [2.75, 3.05) is 17.3 Å². The van der Waals surface area contributed by atoms with Crippen molar-refractivity contribution in [2.24, 2.45) is 5.14 Å². The zero-order chi connectivity index (χ0) is 22.2. The molecule has 1 aromatic heterocycles. The van der Waals surface area contributed by atoms with Gasteiger partial charge in [-0.25, -0.2) is 18.5 Å². The summed E-state index contributed by atoms with van der Waals surface area (Å²) in [5, 5.41) is 9.99. The highest BCUT2D eigenvalue weighted by molar-refractivity contribution is 7.89. The first kappa shape index (κ1) is 20.8. The third kappa shape index (κ3) is 3.96. The number of hydrogen-bond acceptors (Lipinski definition) is 7. The lowest BCUT2D eigenvalue weighted by Gasteiger charge is -2.15. The number of primary sulfonamides is 1. The minimum Gasteiger partial charge on any atom is -0.497 e. The molecule has 0 fully saturated rings. The lowest BCUT2D eigenvalue weighted by Crippen LogP contribution is -2.32. The smallest absolute Gasteiger partial charge is 0.282 e. The van der Waals surface area contributed by atoms with Gasteiger partial charge in [0.15, 0.2) is 0 Å². The number of thiophene rings is 1. The van der Waals surface area contributed by atoms with Gasteiger partial charge in [0, 0.05) is 10.6 Å². The van der Waals surface area contributed by atoms with Crippen LogP contribution < -0.4 is 20.1 Å². The lowest BCUT2D eigenvalue weighted by atomic mass is 10.2. The Hall–Kier alpha value is -3.47. The Morgan fingerprint density at radius 2 is 1.65 bits per heavy atom. The molecule has 4 rings (SSSR count). The van der Waals surface area contributed by atoms with Crippen LogP contribution in [0.1, 0.15) is 4.88 Å². The Kier molecular flexibility index (Phi) is 5.36. The van der Waals surface area contributed by atoms with Gasteiger partial charge in [0.1, 0.15) is 11.4 Å². The molecule has 2 aromatic carbocycles. The molecule has 0 atom stereocenters. The van der Waals surface area contributed by atoms with Gasteiger partial charge in [-0.3, -0.25) is 9.59 Å². The fourth-order valence-electron chi connectivity index (χ4n) is 3.13. The van der Waals surface area contributed by atoms with Crippen LogP contribution in [0.3, 0.4) is 0 Å². The van der Waals surface area contributed by atoms with E-state index >= 15 is 0 Å². The van der Waals surface area contributed by atoms with Crippen LogP contribution in [0.5, 0.6) is 5.75 Å². The van der Waals surface area contributed by atoms with E-state index in [4.69, 9.17) is 9.88 Å². The van der Waals surface area contributed by atoms with Crippen molar-refractivity contribution in [2.45, 2.75) is 4.90 Å². The molecule has 0 unspecified atom stereocenters. The van der Waals surface area contributed by atoms with Gasteiger partial charge >= 0.3 is 0 Å². The maximum absolute atomic E-state index is 13.3. The number of nitrogens with zero attached hydrogens (tertiary/aromatic N) is 1. The van der Waals surface area contributed by atoms with Crippen LogP contribution in [0.4, 0.5) is 11.4 Å². The summed E-state index contributed by atoms with van der Waals surface area (Å²) in [6.45, 7) is 0. The number of rotatable bonds is 6. The number of amides is 2. The molecule has 0 saturated carbocycles. The SMILES string of the molecule is COc1ccc(NC2=C(c3cccs3)C(=O)N(c3ccc(S(N)(=O)=O)cc3)C2=O)cc1. The Bertz CT molecular complexity index is 1280. The largest absolute Gasteiger partial charge is 0.497 e. The highest BCUT2D eigenvalue weighted by Gasteiger charge is 2.40. The fraction of sp³-hybridized carbons (Fsp3) is 0.0476. The topological polar surface area (TPSA) is 119 Å². The third-order valence-corrected chi connectivity index (χ3v) is 6.45. The monoisotopic (exact) mass is 455 g/mol. The summed E-state index contributed by atoms with van der Waals surface area (Å²) in [4.78, 5) is 28.0. The average Bonchev–Trinajstić information content (AvgIpc) is 3.35. The van der Waals surface area contributed by atoms with Crippen LogP contribution >= 0.6 is 11.3 Å². The van der Waals surface area contributed by atoms with E-state index in [-0.39, 0.29) is 21.9 Å². The number of ether oxygens (including phenoxy) is 1. The maximum atomic E-state index is 13.3. The number of hydrogen-bond donors (Lipinski definition) is 2. The van der Waals surface area contributed by atoms with Crippen LogP contribution in [-0.4, -0.2) is 27.3 Å². The van der Waals surface area contributed by atoms with Crippen molar-refractivity contribution in [3.63, 3.8) is 0 Å². The number of sulfonamides is 1. The van der Waals surface area contributed by atoms with Gasteiger partial charge in [0.05, 0.1) is 23.3 Å². The van der Waals surface area contributed by atoms with E-state index in [1.165, 1.54) is 35.6 Å². The highest BCUT2D eigenvalue weighted by Crippen LogP contribution is 2.35. The van der Waals surface area contributed by atoms with Crippen molar-refractivity contribution in [1.82, 2.24) is 0 Å². The Labute approximate surface area is 182 Å². The van der Waals surface area contributed by atoms with Crippen molar-refractivity contribution in [1.29, 1.82) is 0 Å². The van der Waals surface area contributed by atoms with Gasteiger partial charge in [-0.1, -0.05) is 6.07 Å². The minimum absolute atomic E-state index is 0.113. The molecule has 8 nitrogen and oxygen atoms in total. The fourth-order valence-corrected chi connectivity index (χ4v) is 4.42. The molecule has 0 saturated heterocycles. The molecule has 158 valence electrons. The summed E-state index contributed by atoms with van der Waals surface area (Å²) in [6.07, 6.45) is 0. The number of carbonyl (C=O) groups is 2. The van der Waals surface area contributed by atoms with Gasteiger partial charge in [-0.15, -0.1) is 11.3 Å². The first-order chi connectivity index (χ1) is 14.8. The number of nitrogens with two attached hydrogens (primary N) is 1. The number of nitrogens with one attached hydrogen (secondary N) is 1. The molecule has 0 bridgehead atoms. The molecule has 2 amide bonds. The van der Waals surface area contributed by atoms with E-state index < -0.39 is 21.8 Å².